The molecule has 0 aromatic heterocycles. The van der Waals surface area contributed by atoms with Gasteiger partial charge >= 0.3 is 5.97 Å². The molecule has 28 heavy (non-hydrogen) atoms. The molecule has 1 aliphatic heterocycles. The molecular weight excluding hydrogens is 352 g/mol. The highest BCUT2D eigenvalue weighted by molar-refractivity contribution is 6.02. The maximum atomic E-state index is 11.3. The number of carbonyl (C=O) groups is 1. The SMILES string of the molecule is COc1ccc(CN2Cc3ccc(C(=O)O)cc3N=C2c2ccccc2)cc1. The molecule has 0 aliphatic carbocycles. The molecule has 1 heterocycles. The summed E-state index contributed by atoms with van der Waals surface area (Å²) < 4.78 is 5.24. The lowest BCUT2D eigenvalue weighted by atomic mass is 10.0. The van der Waals surface area contributed by atoms with E-state index in [9.17, 15) is 9.90 Å². The number of carboxylic acid groups (broad SMARTS) is 1. The highest BCUT2D eigenvalue weighted by Crippen LogP contribution is 2.30. The van der Waals surface area contributed by atoms with E-state index < -0.39 is 5.97 Å². The summed E-state index contributed by atoms with van der Waals surface area (Å²) in [5, 5.41) is 9.29. The maximum absolute atomic E-state index is 11.3. The molecule has 0 saturated carbocycles. The van der Waals surface area contributed by atoms with Gasteiger partial charge in [0, 0.05) is 18.7 Å². The molecule has 0 spiro atoms. The molecule has 0 saturated heterocycles. The summed E-state index contributed by atoms with van der Waals surface area (Å²) >= 11 is 0. The highest BCUT2D eigenvalue weighted by Gasteiger charge is 2.22. The topological polar surface area (TPSA) is 62.1 Å². The van der Waals surface area contributed by atoms with Crippen LogP contribution in [0, 0.1) is 0 Å². The first kappa shape index (κ1) is 17.8. The van der Waals surface area contributed by atoms with Crippen LogP contribution in [0.15, 0.2) is 77.8 Å². The van der Waals surface area contributed by atoms with Crippen LogP contribution in [0.25, 0.3) is 0 Å². The van der Waals surface area contributed by atoms with Crippen molar-refractivity contribution in [2.24, 2.45) is 4.99 Å². The van der Waals surface area contributed by atoms with Crippen molar-refractivity contribution in [1.29, 1.82) is 0 Å². The molecule has 0 bridgehead atoms. The average Bonchev–Trinajstić information content (AvgIpc) is 2.74. The van der Waals surface area contributed by atoms with Crippen LogP contribution < -0.4 is 4.74 Å². The third-order valence-corrected chi connectivity index (χ3v) is 4.78. The third-order valence-electron chi connectivity index (χ3n) is 4.78. The Hall–Kier alpha value is -3.60. The van der Waals surface area contributed by atoms with E-state index in [0.717, 1.165) is 28.3 Å². The second-order valence-corrected chi connectivity index (χ2v) is 6.65. The summed E-state index contributed by atoms with van der Waals surface area (Å²) in [4.78, 5) is 18.4. The van der Waals surface area contributed by atoms with E-state index in [2.05, 4.69) is 4.90 Å². The van der Waals surface area contributed by atoms with Crippen molar-refractivity contribution < 1.29 is 14.6 Å². The molecule has 1 aliphatic rings. The molecule has 140 valence electrons. The molecule has 0 fully saturated rings. The van der Waals surface area contributed by atoms with Crippen LogP contribution in [0.5, 0.6) is 5.75 Å². The van der Waals surface area contributed by atoms with Crippen LogP contribution in [-0.4, -0.2) is 28.9 Å². The van der Waals surface area contributed by atoms with Gasteiger partial charge in [0.1, 0.15) is 11.6 Å². The number of carboxylic acids is 1. The number of methoxy groups -OCH3 is 1. The zero-order chi connectivity index (χ0) is 19.5. The molecule has 5 nitrogen and oxygen atoms in total. The normalized spacial score (nSPS) is 12.9. The quantitative estimate of drug-likeness (QED) is 0.717. The summed E-state index contributed by atoms with van der Waals surface area (Å²) in [6, 6.07) is 23.1. The Morgan fingerprint density at radius 3 is 2.50 bits per heavy atom. The summed E-state index contributed by atoms with van der Waals surface area (Å²) in [6.45, 7) is 1.35. The Morgan fingerprint density at radius 1 is 1.07 bits per heavy atom. The Bertz CT molecular complexity index is 1030. The van der Waals surface area contributed by atoms with Crippen LogP contribution in [0.3, 0.4) is 0 Å². The lowest BCUT2D eigenvalue weighted by Gasteiger charge is -2.31. The van der Waals surface area contributed by atoms with E-state index in [1.807, 2.05) is 60.7 Å². The fourth-order valence-electron chi connectivity index (χ4n) is 3.32. The van der Waals surface area contributed by atoms with Gasteiger partial charge in [-0.25, -0.2) is 9.79 Å². The van der Waals surface area contributed by atoms with Gasteiger partial charge in [0.25, 0.3) is 0 Å². The van der Waals surface area contributed by atoms with Crippen molar-refractivity contribution in [3.63, 3.8) is 0 Å². The molecule has 5 heteroatoms. The molecule has 1 N–H and O–H groups in total. The zero-order valence-electron chi connectivity index (χ0n) is 15.5. The van der Waals surface area contributed by atoms with E-state index in [4.69, 9.17) is 9.73 Å². The minimum atomic E-state index is -0.945. The number of hydrogen-bond donors (Lipinski definition) is 1. The Balaban J connectivity index is 1.72. The third kappa shape index (κ3) is 3.60. The number of aromatic carboxylic acids is 1. The first-order valence-electron chi connectivity index (χ1n) is 9.02. The van der Waals surface area contributed by atoms with E-state index >= 15 is 0 Å². The van der Waals surface area contributed by atoms with Gasteiger partial charge in [0.05, 0.1) is 18.4 Å². The Labute approximate surface area is 163 Å². The van der Waals surface area contributed by atoms with Crippen molar-refractivity contribution in [1.82, 2.24) is 4.90 Å². The monoisotopic (exact) mass is 372 g/mol. The number of rotatable bonds is 5. The standard InChI is InChI=1S/C23H20N2O3/c1-28-20-11-7-16(8-12-20)14-25-15-19-10-9-18(23(26)27)13-21(19)24-22(25)17-5-3-2-4-6-17/h2-13H,14-15H2,1H3,(H,26,27). The number of fused-ring (bicyclic) bond motifs is 1. The number of benzene rings is 3. The van der Waals surface area contributed by atoms with E-state index in [1.165, 1.54) is 0 Å². The minimum Gasteiger partial charge on any atom is -0.497 e. The van der Waals surface area contributed by atoms with Crippen LogP contribution in [-0.2, 0) is 13.1 Å². The minimum absolute atomic E-state index is 0.249. The summed E-state index contributed by atoms with van der Waals surface area (Å²) in [6.07, 6.45) is 0. The highest BCUT2D eigenvalue weighted by atomic mass is 16.5. The predicted molar refractivity (Wildman–Crippen MR) is 108 cm³/mol. The predicted octanol–water partition coefficient (Wildman–Crippen LogP) is 4.49. The van der Waals surface area contributed by atoms with Crippen molar-refractivity contribution in [2.75, 3.05) is 7.11 Å². The summed E-state index contributed by atoms with van der Waals surface area (Å²) in [7, 11) is 1.65. The Kier molecular flexibility index (Phi) is 4.81. The number of aliphatic imine (C=N–C) groups is 1. The second-order valence-electron chi connectivity index (χ2n) is 6.65. The molecule has 3 aromatic carbocycles. The largest absolute Gasteiger partial charge is 0.497 e. The van der Waals surface area contributed by atoms with Crippen LogP contribution in [0.4, 0.5) is 5.69 Å². The summed E-state index contributed by atoms with van der Waals surface area (Å²) in [5.41, 5.74) is 4.12. The van der Waals surface area contributed by atoms with Gasteiger partial charge in [0.15, 0.2) is 0 Å². The first-order valence-corrected chi connectivity index (χ1v) is 9.02. The maximum Gasteiger partial charge on any atom is 0.335 e. The average molecular weight is 372 g/mol. The summed E-state index contributed by atoms with van der Waals surface area (Å²) in [5.74, 6) is 0.720. The molecule has 4 rings (SSSR count). The zero-order valence-corrected chi connectivity index (χ0v) is 15.5. The molecular formula is C23H20N2O3. The lowest BCUT2D eigenvalue weighted by Crippen LogP contribution is -2.33. The van der Waals surface area contributed by atoms with E-state index in [-0.39, 0.29) is 5.56 Å². The van der Waals surface area contributed by atoms with Crippen molar-refractivity contribution >= 4 is 17.5 Å². The van der Waals surface area contributed by atoms with E-state index in [0.29, 0.717) is 18.8 Å². The molecule has 3 aromatic rings. The molecule has 0 unspecified atom stereocenters. The molecule has 0 atom stereocenters. The molecule has 0 radical (unpaired) electrons. The molecule has 0 amide bonds. The van der Waals surface area contributed by atoms with Crippen LogP contribution >= 0.6 is 0 Å². The van der Waals surface area contributed by atoms with Gasteiger partial charge in [0.2, 0.25) is 0 Å². The van der Waals surface area contributed by atoms with Crippen molar-refractivity contribution in [3.05, 3.63) is 95.1 Å². The smallest absolute Gasteiger partial charge is 0.335 e. The first-order chi connectivity index (χ1) is 13.6. The lowest BCUT2D eigenvalue weighted by molar-refractivity contribution is 0.0697. The van der Waals surface area contributed by atoms with Gasteiger partial charge in [-0.05, 0) is 35.4 Å². The Morgan fingerprint density at radius 2 is 1.82 bits per heavy atom. The number of amidine groups is 1. The van der Waals surface area contributed by atoms with Gasteiger partial charge in [-0.1, -0.05) is 48.5 Å². The fourth-order valence-corrected chi connectivity index (χ4v) is 3.32. The number of nitrogens with zero attached hydrogens (tertiary/aromatic N) is 2. The van der Waals surface area contributed by atoms with Crippen LogP contribution in [0.1, 0.15) is 27.0 Å². The number of ether oxygens (including phenoxy) is 1. The second kappa shape index (κ2) is 7.56. The van der Waals surface area contributed by atoms with Gasteiger partial charge < -0.3 is 14.7 Å². The fraction of sp³-hybridized carbons (Fsp3) is 0.130. The number of hydrogen-bond acceptors (Lipinski definition) is 4. The van der Waals surface area contributed by atoms with E-state index in [1.54, 1.807) is 19.2 Å². The van der Waals surface area contributed by atoms with Gasteiger partial charge in [-0.2, -0.15) is 0 Å². The van der Waals surface area contributed by atoms with Crippen LogP contribution in [0.2, 0.25) is 0 Å². The van der Waals surface area contributed by atoms with Gasteiger partial charge in [-0.3, -0.25) is 0 Å². The van der Waals surface area contributed by atoms with Crippen molar-refractivity contribution in [2.45, 2.75) is 13.1 Å². The van der Waals surface area contributed by atoms with Gasteiger partial charge in [-0.15, -0.1) is 0 Å². The van der Waals surface area contributed by atoms with Crippen molar-refractivity contribution in [3.8, 4) is 5.75 Å².